The van der Waals surface area contributed by atoms with Crippen molar-refractivity contribution in [2.24, 2.45) is 0 Å². The molecule has 0 saturated carbocycles. The van der Waals surface area contributed by atoms with Crippen molar-refractivity contribution >= 4 is 17.5 Å². The van der Waals surface area contributed by atoms with E-state index in [9.17, 15) is 4.79 Å². The number of hydrogen-bond acceptors (Lipinski definition) is 6. The van der Waals surface area contributed by atoms with Crippen molar-refractivity contribution in [1.29, 1.82) is 0 Å². The highest BCUT2D eigenvalue weighted by atomic mass is 16.5. The molecule has 1 N–H and O–H groups in total. The molecular formula is C23H24N4O3. The Hall–Kier alpha value is -3.61. The number of nitrogens with zero attached hydrogens (tertiary/aromatic N) is 3. The molecule has 1 amide bonds. The van der Waals surface area contributed by atoms with Crippen LogP contribution in [0.15, 0.2) is 60.9 Å². The maximum Gasteiger partial charge on any atom is 0.254 e. The van der Waals surface area contributed by atoms with Crippen LogP contribution in [0.2, 0.25) is 0 Å². The first kappa shape index (κ1) is 19.7. The first-order valence-electron chi connectivity index (χ1n) is 9.86. The van der Waals surface area contributed by atoms with Gasteiger partial charge in [0, 0.05) is 41.8 Å². The minimum Gasteiger partial charge on any atom is -0.497 e. The van der Waals surface area contributed by atoms with Gasteiger partial charge < -0.3 is 19.7 Å². The number of anilines is 2. The van der Waals surface area contributed by atoms with Gasteiger partial charge in [0.1, 0.15) is 11.5 Å². The Kier molecular flexibility index (Phi) is 5.79. The van der Waals surface area contributed by atoms with Gasteiger partial charge in [0.2, 0.25) is 5.95 Å². The summed E-state index contributed by atoms with van der Waals surface area (Å²) < 4.78 is 10.9. The van der Waals surface area contributed by atoms with Gasteiger partial charge in [0.25, 0.3) is 5.91 Å². The Morgan fingerprint density at radius 3 is 2.67 bits per heavy atom. The van der Waals surface area contributed by atoms with Crippen molar-refractivity contribution in [1.82, 2.24) is 14.9 Å². The molecule has 1 saturated heterocycles. The predicted molar refractivity (Wildman–Crippen MR) is 114 cm³/mol. The van der Waals surface area contributed by atoms with E-state index in [1.165, 1.54) is 0 Å². The Balaban J connectivity index is 1.58. The number of aromatic nitrogens is 2. The SMILES string of the molecule is COc1ccc([C@H]2CCCN2C(=O)c2cccc(Nc3ncccn3)c2)c(OC)c1. The van der Waals surface area contributed by atoms with Crippen LogP contribution in [0.5, 0.6) is 11.5 Å². The second-order valence-electron chi connectivity index (χ2n) is 7.04. The summed E-state index contributed by atoms with van der Waals surface area (Å²) in [4.78, 5) is 23.6. The summed E-state index contributed by atoms with van der Waals surface area (Å²) in [5, 5.41) is 3.14. The van der Waals surface area contributed by atoms with Crippen LogP contribution >= 0.6 is 0 Å². The number of methoxy groups -OCH3 is 2. The summed E-state index contributed by atoms with van der Waals surface area (Å²) in [5.41, 5.74) is 2.39. The van der Waals surface area contributed by atoms with Crippen molar-refractivity contribution < 1.29 is 14.3 Å². The quantitative estimate of drug-likeness (QED) is 0.663. The van der Waals surface area contributed by atoms with E-state index >= 15 is 0 Å². The summed E-state index contributed by atoms with van der Waals surface area (Å²) >= 11 is 0. The van der Waals surface area contributed by atoms with Crippen molar-refractivity contribution in [3.63, 3.8) is 0 Å². The van der Waals surface area contributed by atoms with Crippen molar-refractivity contribution in [2.75, 3.05) is 26.1 Å². The smallest absolute Gasteiger partial charge is 0.254 e. The topological polar surface area (TPSA) is 76.6 Å². The Morgan fingerprint density at radius 1 is 1.07 bits per heavy atom. The fourth-order valence-corrected chi connectivity index (χ4v) is 3.82. The lowest BCUT2D eigenvalue weighted by Crippen LogP contribution is -2.30. The molecule has 0 unspecified atom stereocenters. The highest BCUT2D eigenvalue weighted by Gasteiger charge is 2.32. The monoisotopic (exact) mass is 404 g/mol. The number of ether oxygens (including phenoxy) is 2. The molecule has 0 spiro atoms. The van der Waals surface area contributed by atoms with E-state index in [2.05, 4.69) is 15.3 Å². The normalized spacial score (nSPS) is 15.7. The maximum absolute atomic E-state index is 13.4. The zero-order valence-corrected chi connectivity index (χ0v) is 17.0. The summed E-state index contributed by atoms with van der Waals surface area (Å²) in [6, 6.07) is 14.9. The molecule has 0 aliphatic carbocycles. The average Bonchev–Trinajstić information content (AvgIpc) is 3.28. The number of hydrogen-bond donors (Lipinski definition) is 1. The van der Waals surface area contributed by atoms with Gasteiger partial charge in [-0.2, -0.15) is 0 Å². The van der Waals surface area contributed by atoms with E-state index in [0.29, 0.717) is 18.1 Å². The summed E-state index contributed by atoms with van der Waals surface area (Å²) in [6.07, 6.45) is 5.18. The van der Waals surface area contributed by atoms with Crippen LogP contribution in [0.1, 0.15) is 34.8 Å². The largest absolute Gasteiger partial charge is 0.497 e. The third-order valence-corrected chi connectivity index (χ3v) is 5.24. The van der Waals surface area contributed by atoms with Crippen LogP contribution < -0.4 is 14.8 Å². The van der Waals surface area contributed by atoms with E-state index in [4.69, 9.17) is 9.47 Å². The number of amides is 1. The second-order valence-corrected chi connectivity index (χ2v) is 7.04. The molecule has 4 rings (SSSR count). The molecule has 3 aromatic rings. The van der Waals surface area contributed by atoms with Crippen LogP contribution in [-0.4, -0.2) is 41.5 Å². The summed E-state index contributed by atoms with van der Waals surface area (Å²) in [5.74, 6) is 1.95. The molecule has 2 aromatic carbocycles. The van der Waals surface area contributed by atoms with Crippen LogP contribution in [0.25, 0.3) is 0 Å². The molecule has 0 radical (unpaired) electrons. The average molecular weight is 404 g/mol. The van der Waals surface area contributed by atoms with Gasteiger partial charge >= 0.3 is 0 Å². The van der Waals surface area contributed by atoms with Gasteiger partial charge in [-0.15, -0.1) is 0 Å². The molecule has 1 atom stereocenters. The molecule has 30 heavy (non-hydrogen) atoms. The van der Waals surface area contributed by atoms with E-state index in [0.717, 1.165) is 35.6 Å². The van der Waals surface area contributed by atoms with E-state index < -0.39 is 0 Å². The minimum atomic E-state index is -0.0348. The molecule has 2 heterocycles. The van der Waals surface area contributed by atoms with Crippen LogP contribution in [0.3, 0.4) is 0 Å². The van der Waals surface area contributed by atoms with Gasteiger partial charge in [-0.25, -0.2) is 9.97 Å². The highest BCUT2D eigenvalue weighted by molar-refractivity contribution is 5.95. The first-order valence-corrected chi connectivity index (χ1v) is 9.86. The maximum atomic E-state index is 13.4. The first-order chi connectivity index (χ1) is 14.7. The number of nitrogens with one attached hydrogen (secondary N) is 1. The predicted octanol–water partition coefficient (Wildman–Crippen LogP) is 4.21. The molecule has 154 valence electrons. The van der Waals surface area contributed by atoms with Crippen LogP contribution in [-0.2, 0) is 0 Å². The number of carbonyl (C=O) groups is 1. The molecule has 1 aliphatic heterocycles. The Labute approximate surface area is 175 Å². The summed E-state index contributed by atoms with van der Waals surface area (Å²) in [7, 11) is 3.27. The fraction of sp³-hybridized carbons (Fsp3) is 0.261. The lowest BCUT2D eigenvalue weighted by Gasteiger charge is -2.27. The molecule has 1 fully saturated rings. The van der Waals surface area contributed by atoms with Gasteiger partial charge in [-0.1, -0.05) is 6.07 Å². The lowest BCUT2D eigenvalue weighted by molar-refractivity contribution is 0.0734. The Morgan fingerprint density at radius 2 is 1.90 bits per heavy atom. The van der Waals surface area contributed by atoms with E-state index in [1.807, 2.05) is 47.4 Å². The summed E-state index contributed by atoms with van der Waals surface area (Å²) in [6.45, 7) is 0.706. The van der Waals surface area contributed by atoms with Crippen molar-refractivity contribution in [3.8, 4) is 11.5 Å². The van der Waals surface area contributed by atoms with E-state index in [-0.39, 0.29) is 11.9 Å². The molecular weight excluding hydrogens is 380 g/mol. The number of rotatable bonds is 6. The third kappa shape index (κ3) is 4.05. The highest BCUT2D eigenvalue weighted by Crippen LogP contribution is 2.39. The van der Waals surface area contributed by atoms with Gasteiger partial charge in [-0.05, 0) is 49.2 Å². The van der Waals surface area contributed by atoms with Gasteiger partial charge in [0.05, 0.1) is 20.3 Å². The van der Waals surface area contributed by atoms with Gasteiger partial charge in [-0.3, -0.25) is 4.79 Å². The fourth-order valence-electron chi connectivity index (χ4n) is 3.82. The minimum absolute atomic E-state index is 0.00648. The zero-order chi connectivity index (χ0) is 20.9. The third-order valence-electron chi connectivity index (χ3n) is 5.24. The van der Waals surface area contributed by atoms with E-state index in [1.54, 1.807) is 32.7 Å². The molecule has 1 aromatic heterocycles. The molecule has 0 bridgehead atoms. The Bertz CT molecular complexity index is 1030. The van der Waals surface area contributed by atoms with Gasteiger partial charge in [0.15, 0.2) is 0 Å². The number of carbonyl (C=O) groups excluding carboxylic acids is 1. The van der Waals surface area contributed by atoms with Crippen LogP contribution in [0.4, 0.5) is 11.6 Å². The lowest BCUT2D eigenvalue weighted by atomic mass is 10.0. The standard InChI is InChI=1S/C23H24N4O3/c1-29-18-9-10-19(21(15-18)30-2)20-8-4-13-27(20)22(28)16-6-3-7-17(14-16)26-23-24-11-5-12-25-23/h3,5-7,9-12,14-15,20H,4,8,13H2,1-2H3,(H,24,25,26)/t20-/m1/s1. The van der Waals surface area contributed by atoms with Crippen LogP contribution in [0, 0.1) is 0 Å². The van der Waals surface area contributed by atoms with Crippen molar-refractivity contribution in [2.45, 2.75) is 18.9 Å². The molecule has 7 heteroatoms. The molecule has 1 aliphatic rings. The molecule has 7 nitrogen and oxygen atoms in total. The number of likely N-dealkylation sites (tertiary alicyclic amines) is 1. The number of benzene rings is 2. The second kappa shape index (κ2) is 8.82. The van der Waals surface area contributed by atoms with Crippen molar-refractivity contribution in [3.05, 3.63) is 72.1 Å². The zero-order valence-electron chi connectivity index (χ0n) is 17.0.